The molecule has 6 aliphatic rings. The van der Waals surface area contributed by atoms with Gasteiger partial charge >= 0.3 is 36.2 Å². The minimum Gasteiger partial charge on any atom is -0.451 e. The molecule has 144 heavy (non-hydrogen) atoms. The van der Waals surface area contributed by atoms with E-state index in [0.717, 1.165) is 185 Å². The summed E-state index contributed by atoms with van der Waals surface area (Å²) in [6.07, 6.45) is 18.1. The summed E-state index contributed by atoms with van der Waals surface area (Å²) in [6, 6.07) is 63.1. The van der Waals surface area contributed by atoms with Crippen LogP contribution in [0.15, 0.2) is 278 Å². The van der Waals surface area contributed by atoms with Gasteiger partial charge < -0.3 is 83.6 Å². The molecule has 0 spiro atoms. The van der Waals surface area contributed by atoms with E-state index in [-0.39, 0.29) is 42.7 Å². The summed E-state index contributed by atoms with van der Waals surface area (Å²) < 4.78 is 28.9. The van der Waals surface area contributed by atoms with Gasteiger partial charge in [0.05, 0.1) is 136 Å². The number of aromatic amines is 6. The largest absolute Gasteiger partial charge is 0.451 e. The van der Waals surface area contributed by atoms with Gasteiger partial charge in [0.25, 0.3) is 0 Å². The Balaban J connectivity index is 0.000000109. The molecule has 42 heteroatoms. The number of fused-ring (bicyclic) bond motifs is 6. The molecule has 0 unspecified atom stereocenters. The lowest BCUT2D eigenvalue weighted by atomic mass is 10.0. The first-order chi connectivity index (χ1) is 70.9. The van der Waals surface area contributed by atoms with Gasteiger partial charge in [-0.05, 0) is 17.6 Å². The minimum atomic E-state index is -0.126. The summed E-state index contributed by atoms with van der Waals surface area (Å²) in [5.41, 5.74) is 28.2. The number of nitrogens with zero attached hydrogens (tertiary/aromatic N) is 18. The number of H-pyrrole nitrogens is 6. The maximum absolute atomic E-state index is 12.4. The summed E-state index contributed by atoms with van der Waals surface area (Å²) >= 11 is 1.39. The molecule has 0 saturated carbocycles. The Kier molecular flexibility index (Phi) is 30.4. The van der Waals surface area contributed by atoms with Crippen LogP contribution in [-0.4, -0.2) is 196 Å². The molecule has 18 heterocycles. The molecule has 0 saturated heterocycles. The molecule has 24 rings (SSSR count). The minimum absolute atomic E-state index is 0.0612. The Morgan fingerprint density at radius 2 is 0.667 bits per heavy atom. The lowest BCUT2D eigenvalue weighted by Crippen LogP contribution is -2.42. The van der Waals surface area contributed by atoms with Crippen molar-refractivity contribution in [2.45, 2.75) is 117 Å². The van der Waals surface area contributed by atoms with Gasteiger partial charge in [-0.25, -0.2) is 43.7 Å². The fourth-order valence-electron chi connectivity index (χ4n) is 17.4. The molecule has 12 N–H and O–H groups in total. The van der Waals surface area contributed by atoms with Crippen LogP contribution in [0.5, 0.6) is 0 Å². The van der Waals surface area contributed by atoms with Crippen molar-refractivity contribution >= 4 is 47.7 Å². The molecule has 12 aromatic heterocycles. The van der Waals surface area contributed by atoms with Gasteiger partial charge in [-0.3, -0.25) is 30.6 Å². The second-order valence-corrected chi connectivity index (χ2v) is 34.9. The Morgan fingerprint density at radius 3 is 0.958 bits per heavy atom. The first-order valence-electron chi connectivity index (χ1n) is 47.0. The van der Waals surface area contributed by atoms with Crippen LogP contribution in [0.1, 0.15) is 102 Å². The molecule has 41 nitrogen and oxygen atoms in total. The van der Waals surface area contributed by atoms with Gasteiger partial charge in [0.1, 0.15) is 36.5 Å². The number of hydrogen-bond donors (Lipinski definition) is 12. The molecule has 6 aromatic carbocycles. The number of carbonyl (C=O) groups is 6. The molecule has 0 fully saturated rings. The second-order valence-electron chi connectivity index (χ2n) is 34.2. The van der Waals surface area contributed by atoms with Crippen molar-refractivity contribution in [3.63, 3.8) is 0 Å². The molecule has 732 valence electrons. The van der Waals surface area contributed by atoms with Crippen LogP contribution < -0.4 is 31.9 Å². The number of urea groups is 6. The Hall–Kier alpha value is -18.1. The van der Waals surface area contributed by atoms with Crippen LogP contribution in [0.25, 0.3) is 67.5 Å². The van der Waals surface area contributed by atoms with E-state index >= 15 is 0 Å². The van der Waals surface area contributed by atoms with E-state index in [9.17, 15) is 28.8 Å². The van der Waals surface area contributed by atoms with E-state index in [0.29, 0.717) is 134 Å². The average Bonchev–Trinajstić information content (AvgIpc) is 1.67. The number of nitrogens with one attached hydrogen (secondary N) is 12. The van der Waals surface area contributed by atoms with Crippen LogP contribution in [0.2, 0.25) is 0 Å². The molecular weight excluding hydrogens is 1850 g/mol. The molecule has 12 amide bonds. The lowest BCUT2D eigenvalue weighted by molar-refractivity contribution is 0.190. The quantitative estimate of drug-likeness (QED) is 0.0379. The first kappa shape index (κ1) is 94.8. The van der Waals surface area contributed by atoms with Crippen molar-refractivity contribution in [2.75, 3.05) is 39.3 Å². The van der Waals surface area contributed by atoms with Crippen LogP contribution in [0.3, 0.4) is 0 Å². The molecule has 0 bridgehead atoms. The molecule has 0 radical (unpaired) electrons. The topological polar surface area (TPSA) is 509 Å². The zero-order valence-electron chi connectivity index (χ0n) is 78.2. The highest BCUT2D eigenvalue weighted by Gasteiger charge is 2.33. The van der Waals surface area contributed by atoms with E-state index in [1.807, 2.05) is 198 Å². The van der Waals surface area contributed by atoms with E-state index in [2.05, 4.69) is 123 Å². The smallest absolute Gasteiger partial charge is 0.318 e. The highest BCUT2D eigenvalue weighted by Crippen LogP contribution is 2.36. The van der Waals surface area contributed by atoms with Crippen molar-refractivity contribution in [3.8, 4) is 67.5 Å². The molecule has 0 aliphatic carbocycles. The van der Waals surface area contributed by atoms with Gasteiger partial charge in [0, 0.05) is 202 Å². The van der Waals surface area contributed by atoms with Crippen molar-refractivity contribution in [1.82, 2.24) is 152 Å². The Labute approximate surface area is 828 Å². The van der Waals surface area contributed by atoms with E-state index < -0.39 is 0 Å². The molecule has 18 aromatic rings. The standard InChI is InChI=1S/5C17H17N5O2.C17H17N5OS/c23-17(19-10-15-18-7-9-24-15)22-8-6-14-13(11-22)16(21-20-14)12-4-2-1-3-5-12;23-17(18-10-13-7-9-24-21-13)22-8-6-15-14(11-22)16(20-19-15)12-4-2-1-3-5-12;23-17(18-8-12-9-19-24-11-12)22-7-6-15-14(10-22)16(21-20-15)13-4-2-1-3-5-13;23-17(18-8-13-10-24-11-19-13)22-7-6-15-14(9-22)16(21-20-15)12-4-2-1-3-5-12;23-17(19-9-13-8-18-11-24-13)22-7-6-15-14(10-22)16(21-20-15)12-4-2-1-3-5-12;23-17(18-10-13-7-9-24-21-13)22-8-6-15-14(11-22)16(20-19-15)12-4-2-1-3-5-12/h1-5,7,9H,6,8,10-11H2,(H,19,23)(H,20,21);1-5,7,9H,6,8,10-11H2,(H,18,23)(H,19,20);1-5,9,11H,6-8,10H2,(H,18,23)(H,20,21);1-5,10-11H,6-9H2,(H,18,23)(H,20,21);1-5,8,11H,6-7,9-10H2,(H,19,23)(H,20,21);1-5,7,9H,6,8,10-11H2,(H,18,23)(H,19,20). The second kappa shape index (κ2) is 46.1. The molecular formula is C102H102N30O11S. The van der Waals surface area contributed by atoms with Crippen molar-refractivity contribution in [3.05, 3.63) is 358 Å². The number of hydrogen-bond acceptors (Lipinski definition) is 24. The van der Waals surface area contributed by atoms with Gasteiger partial charge in [0.15, 0.2) is 12.8 Å². The van der Waals surface area contributed by atoms with Crippen molar-refractivity contribution in [1.29, 1.82) is 0 Å². The maximum Gasteiger partial charge on any atom is 0.318 e. The average molecular weight is 1960 g/mol. The number of benzene rings is 6. The van der Waals surface area contributed by atoms with Crippen molar-refractivity contribution < 1.29 is 51.1 Å². The SMILES string of the molecule is O=C(NCc1ccon1)N1CCc2[nH]nc(-c3ccccc3)c2C1.O=C(NCc1ccsn1)N1CCc2[nH]nc(-c3ccccc3)c2C1.O=C(NCc1cnco1)N1CCc2[nH]nc(-c3ccccc3)c2C1.O=C(NCc1cnoc1)N1CCc2[nH]nc(-c3ccccc3)c2C1.O=C(NCc1cocn1)N1CCc2[nH]nc(-c3ccccc3)c2C1.O=C(NCc1ncco1)N1CCc2[nH]nc(-c3ccccc3)c2C1. The summed E-state index contributed by atoms with van der Waals surface area (Å²) in [7, 11) is 0. The predicted molar refractivity (Wildman–Crippen MR) is 527 cm³/mol. The van der Waals surface area contributed by atoms with E-state index in [4.69, 9.17) is 22.3 Å². The summed E-state index contributed by atoms with van der Waals surface area (Å²) in [4.78, 5) is 97.1. The molecule has 6 aliphatic heterocycles. The third-order valence-electron chi connectivity index (χ3n) is 25.0. The van der Waals surface area contributed by atoms with Crippen LogP contribution in [-0.2, 0) is 117 Å². The third kappa shape index (κ3) is 23.5. The van der Waals surface area contributed by atoms with Gasteiger partial charge in [-0.15, -0.1) is 0 Å². The highest BCUT2D eigenvalue weighted by atomic mass is 32.1. The Bertz CT molecular complexity index is 6060. The molecule has 0 atom stereocenters. The lowest BCUT2D eigenvalue weighted by Gasteiger charge is -2.27. The Morgan fingerprint density at radius 1 is 0.326 bits per heavy atom. The third-order valence-corrected chi connectivity index (χ3v) is 25.6. The van der Waals surface area contributed by atoms with Gasteiger partial charge in [0.2, 0.25) is 5.89 Å². The normalized spacial score (nSPS) is 13.6. The number of rotatable bonds is 18. The first-order valence-corrected chi connectivity index (χ1v) is 47.9. The van der Waals surface area contributed by atoms with Gasteiger partial charge in [-0.1, -0.05) is 192 Å². The zero-order valence-corrected chi connectivity index (χ0v) is 79.0. The fraction of sp³-hybridized carbons (Fsp3) is 0.235. The van der Waals surface area contributed by atoms with Crippen LogP contribution in [0.4, 0.5) is 28.8 Å². The predicted octanol–water partition coefficient (Wildman–Crippen LogP) is 14.5. The number of oxazole rings is 3. The van der Waals surface area contributed by atoms with Crippen LogP contribution in [0, 0.1) is 0 Å². The van der Waals surface area contributed by atoms with Crippen molar-refractivity contribution in [2.24, 2.45) is 0 Å². The fourth-order valence-corrected chi connectivity index (χ4v) is 18.0. The summed E-state index contributed by atoms with van der Waals surface area (Å²) in [5.74, 6) is 1.13. The number of aromatic nitrogens is 18. The van der Waals surface area contributed by atoms with E-state index in [1.165, 1.54) is 49.4 Å². The maximum atomic E-state index is 12.4. The summed E-state index contributed by atoms with van der Waals surface area (Å²) in [5, 5.41) is 71.9. The number of amides is 12. The van der Waals surface area contributed by atoms with Crippen LogP contribution >= 0.6 is 11.5 Å². The van der Waals surface area contributed by atoms with Gasteiger partial charge in [-0.2, -0.15) is 35.0 Å². The zero-order chi connectivity index (χ0) is 98.1. The highest BCUT2D eigenvalue weighted by molar-refractivity contribution is 7.03. The summed E-state index contributed by atoms with van der Waals surface area (Å²) in [6.45, 7) is 9.46. The number of carbonyl (C=O) groups excluding carboxylic acids is 6. The monoisotopic (exact) mass is 1950 g/mol. The van der Waals surface area contributed by atoms with E-state index in [1.54, 1.807) is 49.2 Å².